The highest BCUT2D eigenvalue weighted by Gasteiger charge is 2.21. The Morgan fingerprint density at radius 2 is 2.05 bits per heavy atom. The highest BCUT2D eigenvalue weighted by atomic mass is 32.2. The maximum absolute atomic E-state index is 13.6. The molecule has 1 aromatic carbocycles. The second-order valence-electron chi connectivity index (χ2n) is 3.58. The van der Waals surface area contributed by atoms with Crippen LogP contribution in [-0.2, 0) is 19.6 Å². The van der Waals surface area contributed by atoms with Crippen molar-refractivity contribution >= 4 is 22.0 Å². The maximum Gasteiger partial charge on any atom is 0.335 e. The van der Waals surface area contributed by atoms with Gasteiger partial charge in [-0.25, -0.2) is 17.6 Å². The van der Waals surface area contributed by atoms with Gasteiger partial charge in [-0.3, -0.25) is 4.79 Å². The molecule has 0 radical (unpaired) electrons. The number of nitrogens with one attached hydrogen (secondary N) is 1. The molecule has 0 saturated carbocycles. The molecule has 1 rings (SSSR count). The molecule has 0 spiro atoms. The van der Waals surface area contributed by atoms with E-state index >= 15 is 0 Å². The Morgan fingerprint density at radius 3 is 2.55 bits per heavy atom. The average molecular weight is 305 g/mol. The minimum atomic E-state index is -4.27. The van der Waals surface area contributed by atoms with Crippen LogP contribution in [0.3, 0.4) is 0 Å². The van der Waals surface area contributed by atoms with E-state index in [0.29, 0.717) is 6.07 Å². The Bertz CT molecular complexity index is 628. The summed E-state index contributed by atoms with van der Waals surface area (Å²) in [6, 6.07) is 2.35. The van der Waals surface area contributed by atoms with E-state index in [-0.39, 0.29) is 12.2 Å². The first kappa shape index (κ1) is 16.1. The van der Waals surface area contributed by atoms with Gasteiger partial charge in [-0.2, -0.15) is 4.72 Å². The van der Waals surface area contributed by atoms with Crippen LogP contribution in [-0.4, -0.2) is 38.6 Å². The number of esters is 1. The van der Waals surface area contributed by atoms with Crippen molar-refractivity contribution in [1.82, 2.24) is 4.72 Å². The van der Waals surface area contributed by atoms with Crippen molar-refractivity contribution in [2.45, 2.75) is 11.8 Å². The van der Waals surface area contributed by atoms with E-state index in [1.165, 1.54) is 0 Å². The van der Waals surface area contributed by atoms with Gasteiger partial charge in [0, 0.05) is 0 Å². The number of carbonyl (C=O) groups is 2. The van der Waals surface area contributed by atoms with Crippen LogP contribution in [0.4, 0.5) is 4.39 Å². The third kappa shape index (κ3) is 4.00. The van der Waals surface area contributed by atoms with Gasteiger partial charge in [0.2, 0.25) is 10.0 Å². The molecule has 0 saturated heterocycles. The van der Waals surface area contributed by atoms with Gasteiger partial charge in [0.05, 0.1) is 12.2 Å². The summed E-state index contributed by atoms with van der Waals surface area (Å²) in [7, 11) is -4.27. The molecule has 110 valence electrons. The van der Waals surface area contributed by atoms with Crippen LogP contribution in [0.2, 0.25) is 0 Å². The molecule has 2 N–H and O–H groups in total. The highest BCUT2D eigenvalue weighted by Crippen LogP contribution is 2.15. The van der Waals surface area contributed by atoms with Crippen molar-refractivity contribution in [2.24, 2.45) is 0 Å². The number of carboxylic acid groups (broad SMARTS) is 1. The quantitative estimate of drug-likeness (QED) is 0.735. The van der Waals surface area contributed by atoms with Gasteiger partial charge in [0.15, 0.2) is 0 Å². The lowest BCUT2D eigenvalue weighted by atomic mass is 10.2. The molecule has 0 aliphatic carbocycles. The first-order valence-corrected chi connectivity index (χ1v) is 6.94. The summed E-state index contributed by atoms with van der Waals surface area (Å²) in [5.41, 5.74) is -0.383. The van der Waals surface area contributed by atoms with Crippen LogP contribution >= 0.6 is 0 Å². The molecule has 0 fully saturated rings. The number of hydrogen-bond donors (Lipinski definition) is 2. The summed E-state index contributed by atoms with van der Waals surface area (Å²) in [6.45, 7) is 0.995. The number of benzene rings is 1. The van der Waals surface area contributed by atoms with Crippen LogP contribution < -0.4 is 4.72 Å². The van der Waals surface area contributed by atoms with Crippen LogP contribution in [0.5, 0.6) is 0 Å². The molecule has 0 aliphatic heterocycles. The van der Waals surface area contributed by atoms with Crippen LogP contribution in [0.15, 0.2) is 23.1 Å². The van der Waals surface area contributed by atoms with E-state index in [2.05, 4.69) is 4.74 Å². The molecular weight excluding hydrogens is 293 g/mol. The minimum absolute atomic E-state index is 0.0855. The third-order valence-corrected chi connectivity index (χ3v) is 3.61. The summed E-state index contributed by atoms with van der Waals surface area (Å²) in [5, 5.41) is 8.65. The fraction of sp³-hybridized carbons (Fsp3) is 0.273. The summed E-state index contributed by atoms with van der Waals surface area (Å²) in [6.07, 6.45) is 0. The van der Waals surface area contributed by atoms with E-state index < -0.39 is 39.2 Å². The van der Waals surface area contributed by atoms with Crippen molar-refractivity contribution in [2.75, 3.05) is 13.2 Å². The Hall–Kier alpha value is -2.00. The van der Waals surface area contributed by atoms with Gasteiger partial charge in [0.1, 0.15) is 17.3 Å². The topological polar surface area (TPSA) is 110 Å². The molecule has 0 unspecified atom stereocenters. The smallest absolute Gasteiger partial charge is 0.335 e. The second kappa shape index (κ2) is 6.44. The number of aromatic carboxylic acids is 1. The molecule has 0 amide bonds. The first-order valence-electron chi connectivity index (χ1n) is 5.46. The van der Waals surface area contributed by atoms with Crippen molar-refractivity contribution < 1.29 is 32.2 Å². The SMILES string of the molecule is CCOC(=O)CNS(=O)(=O)c1ccc(C(=O)O)cc1F. The van der Waals surface area contributed by atoms with Gasteiger partial charge in [-0.15, -0.1) is 0 Å². The third-order valence-electron chi connectivity index (χ3n) is 2.18. The molecule has 1 aromatic rings. The van der Waals surface area contributed by atoms with E-state index in [9.17, 15) is 22.4 Å². The second-order valence-corrected chi connectivity index (χ2v) is 5.32. The lowest BCUT2D eigenvalue weighted by Gasteiger charge is -2.07. The zero-order valence-corrected chi connectivity index (χ0v) is 11.2. The Balaban J connectivity index is 2.93. The zero-order chi connectivity index (χ0) is 15.3. The summed E-state index contributed by atoms with van der Waals surface area (Å²) in [4.78, 5) is 20.9. The Kier molecular flexibility index (Phi) is 5.17. The van der Waals surface area contributed by atoms with E-state index in [1.807, 2.05) is 4.72 Å². The minimum Gasteiger partial charge on any atom is -0.478 e. The summed E-state index contributed by atoms with van der Waals surface area (Å²) >= 11 is 0. The van der Waals surface area contributed by atoms with Crippen molar-refractivity contribution in [3.63, 3.8) is 0 Å². The van der Waals surface area contributed by atoms with Crippen LogP contribution in [0, 0.1) is 5.82 Å². The predicted molar refractivity (Wildman–Crippen MR) is 65.2 cm³/mol. The monoisotopic (exact) mass is 305 g/mol. The normalized spacial score (nSPS) is 11.1. The highest BCUT2D eigenvalue weighted by molar-refractivity contribution is 7.89. The van der Waals surface area contributed by atoms with E-state index in [0.717, 1.165) is 12.1 Å². The standard InChI is InChI=1S/C11H12FNO6S/c1-2-19-10(14)6-13-20(17,18)9-4-3-7(11(15)16)5-8(9)12/h3-5,13H,2,6H2,1H3,(H,15,16). The fourth-order valence-corrected chi connectivity index (χ4v) is 2.32. The van der Waals surface area contributed by atoms with Crippen molar-refractivity contribution in [3.8, 4) is 0 Å². The fourth-order valence-electron chi connectivity index (χ4n) is 1.30. The van der Waals surface area contributed by atoms with Crippen LogP contribution in [0.25, 0.3) is 0 Å². The maximum atomic E-state index is 13.6. The lowest BCUT2D eigenvalue weighted by Crippen LogP contribution is -2.31. The number of halogens is 1. The molecule has 0 heterocycles. The van der Waals surface area contributed by atoms with E-state index in [1.54, 1.807) is 6.92 Å². The van der Waals surface area contributed by atoms with Gasteiger partial charge in [-0.1, -0.05) is 0 Å². The molecule has 7 nitrogen and oxygen atoms in total. The largest absolute Gasteiger partial charge is 0.478 e. The molecule has 9 heteroatoms. The van der Waals surface area contributed by atoms with Crippen molar-refractivity contribution in [1.29, 1.82) is 0 Å². The summed E-state index contributed by atoms with van der Waals surface area (Å²) < 4.78 is 43.4. The Morgan fingerprint density at radius 1 is 1.40 bits per heavy atom. The van der Waals surface area contributed by atoms with Crippen molar-refractivity contribution in [3.05, 3.63) is 29.6 Å². The van der Waals surface area contributed by atoms with Gasteiger partial charge in [-0.05, 0) is 25.1 Å². The Labute approximate surface area is 114 Å². The molecule has 0 aliphatic rings. The number of sulfonamides is 1. The number of carboxylic acids is 1. The van der Waals surface area contributed by atoms with Gasteiger partial charge >= 0.3 is 11.9 Å². The average Bonchev–Trinajstić information content (AvgIpc) is 2.36. The first-order chi connectivity index (χ1) is 9.27. The number of carbonyl (C=O) groups excluding carboxylic acids is 1. The molecule has 20 heavy (non-hydrogen) atoms. The van der Waals surface area contributed by atoms with E-state index in [4.69, 9.17) is 5.11 Å². The summed E-state index contributed by atoms with van der Waals surface area (Å²) in [5.74, 6) is -3.41. The van der Waals surface area contributed by atoms with Gasteiger partial charge in [0.25, 0.3) is 0 Å². The number of ether oxygens (including phenoxy) is 1. The lowest BCUT2D eigenvalue weighted by molar-refractivity contribution is -0.141. The zero-order valence-electron chi connectivity index (χ0n) is 10.4. The predicted octanol–water partition coefficient (Wildman–Crippen LogP) is 0.365. The molecule has 0 aromatic heterocycles. The van der Waals surface area contributed by atoms with Gasteiger partial charge < -0.3 is 9.84 Å². The molecular formula is C11H12FNO6S. The number of hydrogen-bond acceptors (Lipinski definition) is 5. The number of rotatable bonds is 6. The van der Waals surface area contributed by atoms with Crippen LogP contribution in [0.1, 0.15) is 17.3 Å². The molecule has 0 bridgehead atoms. The molecule has 0 atom stereocenters.